The third-order valence-electron chi connectivity index (χ3n) is 4.22. The highest BCUT2D eigenvalue weighted by molar-refractivity contribution is 5.97. The molecule has 124 valence electrons. The van der Waals surface area contributed by atoms with Gasteiger partial charge in [0.1, 0.15) is 6.20 Å². The van der Waals surface area contributed by atoms with Crippen molar-refractivity contribution in [1.29, 1.82) is 0 Å². The van der Waals surface area contributed by atoms with Crippen LogP contribution in [0.25, 0.3) is 22.2 Å². The summed E-state index contributed by atoms with van der Waals surface area (Å²) in [5, 5.41) is 5.30. The Balaban J connectivity index is 1.74. The number of carbonyl (C=O) groups excluding carboxylic acids is 1. The van der Waals surface area contributed by atoms with Crippen LogP contribution >= 0.6 is 0 Å². The average Bonchev–Trinajstić information content (AvgIpc) is 3.28. The Morgan fingerprint density at radius 2 is 2.04 bits per heavy atom. The van der Waals surface area contributed by atoms with Crippen molar-refractivity contribution in [3.63, 3.8) is 0 Å². The third-order valence-corrected chi connectivity index (χ3v) is 4.22. The summed E-state index contributed by atoms with van der Waals surface area (Å²) in [6.07, 6.45) is 7.35. The van der Waals surface area contributed by atoms with E-state index in [1.165, 1.54) is 4.68 Å². The first-order valence-corrected chi connectivity index (χ1v) is 7.98. The molecule has 2 N–H and O–H groups in total. The average molecular weight is 332 g/mol. The van der Waals surface area contributed by atoms with Gasteiger partial charge in [-0.05, 0) is 18.2 Å². The van der Waals surface area contributed by atoms with Gasteiger partial charge in [-0.1, -0.05) is 18.2 Å². The van der Waals surface area contributed by atoms with Crippen molar-refractivity contribution >= 4 is 22.6 Å². The van der Waals surface area contributed by atoms with Crippen LogP contribution in [0, 0.1) is 0 Å². The number of rotatable bonds is 3. The number of fused-ring (bicyclic) bond motifs is 1. The lowest BCUT2D eigenvalue weighted by Gasteiger charge is -2.09. The first kappa shape index (κ1) is 15.1. The molecule has 0 radical (unpaired) electrons. The Morgan fingerprint density at radius 1 is 1.24 bits per heavy atom. The molecule has 0 aliphatic carbocycles. The minimum Gasteiger partial charge on any atom is -0.375 e. The van der Waals surface area contributed by atoms with Crippen LogP contribution in [0.2, 0.25) is 0 Å². The lowest BCUT2D eigenvalue weighted by molar-refractivity contribution is -0.346. The van der Waals surface area contributed by atoms with E-state index in [4.69, 9.17) is 0 Å². The van der Waals surface area contributed by atoms with Gasteiger partial charge in [-0.25, -0.2) is 14.6 Å². The molecule has 3 aromatic heterocycles. The van der Waals surface area contributed by atoms with Crippen molar-refractivity contribution in [1.82, 2.24) is 14.8 Å². The predicted octanol–water partition coefficient (Wildman–Crippen LogP) is 2.60. The normalized spacial score (nSPS) is 11.0. The van der Waals surface area contributed by atoms with Crippen LogP contribution in [0.4, 0.5) is 5.69 Å². The Labute approximate surface area is 144 Å². The van der Waals surface area contributed by atoms with E-state index in [-0.39, 0.29) is 5.91 Å². The summed E-state index contributed by atoms with van der Waals surface area (Å²) in [5.74, 6) is -0.146. The number of carbonyl (C=O) groups is 1. The first-order chi connectivity index (χ1) is 12.1. The van der Waals surface area contributed by atoms with E-state index >= 15 is 0 Å². The smallest absolute Gasteiger partial charge is 0.285 e. The molecule has 0 amide bonds. The summed E-state index contributed by atoms with van der Waals surface area (Å²) in [6.45, 7) is 0. The molecule has 0 aliphatic rings. The van der Waals surface area contributed by atoms with E-state index in [0.717, 1.165) is 27.8 Å². The largest absolute Gasteiger partial charge is 0.375 e. The molecule has 0 unspecified atom stereocenters. The summed E-state index contributed by atoms with van der Waals surface area (Å²) in [5.41, 5.74) is 4.50. The van der Waals surface area contributed by atoms with Gasteiger partial charge >= 0.3 is 0 Å². The highest BCUT2D eigenvalue weighted by Gasteiger charge is 2.16. The van der Waals surface area contributed by atoms with Crippen LogP contribution in [0.5, 0.6) is 0 Å². The minimum atomic E-state index is -0.146. The number of H-pyrrole nitrogens is 2. The number of benzene rings is 1. The second-order valence-corrected chi connectivity index (χ2v) is 6.09. The molecule has 6 nitrogen and oxygen atoms in total. The third kappa shape index (κ3) is 2.67. The highest BCUT2D eigenvalue weighted by atomic mass is 16.2. The van der Waals surface area contributed by atoms with E-state index in [1.807, 2.05) is 49.6 Å². The van der Waals surface area contributed by atoms with Crippen molar-refractivity contribution in [3.8, 4) is 11.1 Å². The summed E-state index contributed by atoms with van der Waals surface area (Å²) in [7, 11) is 4.00. The standard InChI is InChI=1S/C19H17N5O/c1-23(2)15-8-16-17(11-21-18(16)20-10-15)14-9-22-24(12-14)19(25)13-6-4-3-5-7-13/h3-12H,1-2H3,(H,20,21)/p+1. The highest BCUT2D eigenvalue weighted by Crippen LogP contribution is 2.28. The number of hydrogen-bond acceptors (Lipinski definition) is 3. The van der Waals surface area contributed by atoms with Crippen molar-refractivity contribution < 1.29 is 9.78 Å². The zero-order chi connectivity index (χ0) is 17.4. The topological polar surface area (TPSA) is 68.1 Å². The lowest BCUT2D eigenvalue weighted by atomic mass is 10.1. The summed E-state index contributed by atoms with van der Waals surface area (Å²) >= 11 is 0. The second-order valence-electron chi connectivity index (χ2n) is 6.09. The second kappa shape index (κ2) is 5.90. The molecule has 3 heterocycles. The number of hydrogen-bond donors (Lipinski definition) is 1. The van der Waals surface area contributed by atoms with Gasteiger partial charge in [-0.2, -0.15) is 5.10 Å². The van der Waals surface area contributed by atoms with Gasteiger partial charge in [0.25, 0.3) is 11.6 Å². The van der Waals surface area contributed by atoms with Crippen LogP contribution in [0.1, 0.15) is 10.4 Å². The van der Waals surface area contributed by atoms with Gasteiger partial charge in [0.05, 0.1) is 23.5 Å². The maximum atomic E-state index is 12.5. The Morgan fingerprint density at radius 3 is 2.80 bits per heavy atom. The van der Waals surface area contributed by atoms with Crippen LogP contribution in [0.3, 0.4) is 0 Å². The van der Waals surface area contributed by atoms with E-state index in [9.17, 15) is 4.79 Å². The maximum absolute atomic E-state index is 12.5. The van der Waals surface area contributed by atoms with E-state index < -0.39 is 0 Å². The summed E-state index contributed by atoms with van der Waals surface area (Å²) in [6, 6.07) is 11.2. The fraction of sp³-hybridized carbons (Fsp3) is 0.105. The van der Waals surface area contributed by atoms with E-state index in [1.54, 1.807) is 24.5 Å². The number of nitrogens with zero attached hydrogens (tertiary/aromatic N) is 3. The summed E-state index contributed by atoms with van der Waals surface area (Å²) < 4.78 is 1.38. The molecule has 0 atom stereocenters. The molecule has 0 saturated carbocycles. The van der Waals surface area contributed by atoms with Crippen molar-refractivity contribution in [2.24, 2.45) is 0 Å². The van der Waals surface area contributed by atoms with Crippen LogP contribution in [-0.2, 0) is 0 Å². The maximum Gasteiger partial charge on any atom is 0.285 e. The molecule has 4 aromatic rings. The van der Waals surface area contributed by atoms with Gasteiger partial charge in [0.15, 0.2) is 0 Å². The molecule has 0 saturated heterocycles. The number of aromatic amines is 2. The van der Waals surface area contributed by atoms with Gasteiger partial charge in [-0.3, -0.25) is 4.79 Å². The lowest BCUT2D eigenvalue weighted by Crippen LogP contribution is -2.13. The molecule has 25 heavy (non-hydrogen) atoms. The monoisotopic (exact) mass is 332 g/mol. The number of aromatic nitrogens is 4. The predicted molar refractivity (Wildman–Crippen MR) is 96.6 cm³/mol. The van der Waals surface area contributed by atoms with Crippen molar-refractivity contribution in [3.05, 3.63) is 66.7 Å². The van der Waals surface area contributed by atoms with Gasteiger partial charge in [-0.15, -0.1) is 0 Å². The molecular formula is C19H18N5O+. The molecular weight excluding hydrogens is 314 g/mol. The minimum absolute atomic E-state index is 0.146. The van der Waals surface area contributed by atoms with Crippen LogP contribution in [-0.4, -0.2) is 34.8 Å². The molecule has 0 bridgehead atoms. The van der Waals surface area contributed by atoms with Crippen molar-refractivity contribution in [2.45, 2.75) is 0 Å². The molecule has 0 spiro atoms. The fourth-order valence-corrected chi connectivity index (χ4v) is 2.82. The number of nitrogens with one attached hydrogen (secondary N) is 2. The quantitative estimate of drug-likeness (QED) is 0.627. The number of anilines is 1. The Hall–Kier alpha value is -3.41. The van der Waals surface area contributed by atoms with Crippen molar-refractivity contribution in [2.75, 3.05) is 19.0 Å². The fourth-order valence-electron chi connectivity index (χ4n) is 2.82. The van der Waals surface area contributed by atoms with Crippen LogP contribution in [0.15, 0.2) is 61.2 Å². The molecule has 0 fully saturated rings. The Kier molecular flexibility index (Phi) is 3.57. The van der Waals surface area contributed by atoms with Gasteiger partial charge < -0.3 is 4.90 Å². The zero-order valence-corrected chi connectivity index (χ0v) is 14.0. The SMILES string of the molecule is CN(C)c1c[nH+]c2[nH]cc(-c3cnn(C(=O)c4ccccc4)c3)c2c1. The molecule has 6 heteroatoms. The van der Waals surface area contributed by atoms with Crippen LogP contribution < -0.4 is 9.88 Å². The zero-order valence-electron chi connectivity index (χ0n) is 14.0. The Bertz CT molecular complexity index is 1050. The number of pyridine rings is 1. The van der Waals surface area contributed by atoms with Gasteiger partial charge in [0.2, 0.25) is 0 Å². The molecule has 1 aromatic carbocycles. The summed E-state index contributed by atoms with van der Waals surface area (Å²) in [4.78, 5) is 21.0. The van der Waals surface area contributed by atoms with E-state index in [0.29, 0.717) is 5.56 Å². The van der Waals surface area contributed by atoms with E-state index in [2.05, 4.69) is 21.1 Å². The molecule has 4 rings (SSSR count). The first-order valence-electron chi connectivity index (χ1n) is 7.98. The molecule has 0 aliphatic heterocycles. The van der Waals surface area contributed by atoms with Gasteiger partial charge in [0, 0.05) is 37.0 Å².